The molecule has 0 fully saturated rings. The number of anilines is 1. The van der Waals surface area contributed by atoms with E-state index in [9.17, 15) is 4.79 Å². The number of hydrogen-bond acceptors (Lipinski definition) is 3. The fourth-order valence-corrected chi connectivity index (χ4v) is 0.746. The minimum Gasteiger partial charge on any atom is -0.389 e. The van der Waals surface area contributed by atoms with Gasteiger partial charge in [-0.2, -0.15) is 0 Å². The summed E-state index contributed by atoms with van der Waals surface area (Å²) in [6, 6.07) is 0. The van der Waals surface area contributed by atoms with Gasteiger partial charge >= 0.3 is 4.87 Å². The molecule has 0 radical (unpaired) electrons. The third kappa shape index (κ3) is 0.806. The van der Waals surface area contributed by atoms with Gasteiger partial charge in [0.25, 0.3) is 0 Å². The van der Waals surface area contributed by atoms with E-state index in [0.29, 0.717) is 5.00 Å². The van der Waals surface area contributed by atoms with Gasteiger partial charge in [-0.3, -0.25) is 4.79 Å². The second kappa shape index (κ2) is 1.38. The Hall–Kier alpha value is -0.770. The van der Waals surface area contributed by atoms with Crippen LogP contribution in [0.2, 0.25) is 0 Å². The van der Waals surface area contributed by atoms with Crippen molar-refractivity contribution in [1.82, 2.24) is 4.98 Å². The third-order valence-corrected chi connectivity index (χ3v) is 1.20. The number of hydrogen-bond donors (Lipinski definition) is 2. The van der Waals surface area contributed by atoms with E-state index in [0.717, 1.165) is 11.3 Å². The molecule has 0 aliphatic heterocycles. The van der Waals surface area contributed by atoms with E-state index < -0.39 is 0 Å². The second-order valence-electron chi connectivity index (χ2n) is 1.08. The van der Waals surface area contributed by atoms with E-state index >= 15 is 0 Å². The number of H-pyrrole nitrogens is 1. The predicted octanol–water partition coefficient (Wildman–Crippen LogP) is 0.0186. The molecule has 0 unspecified atom stereocenters. The van der Waals surface area contributed by atoms with Crippen LogP contribution in [0.3, 0.4) is 0 Å². The second-order valence-corrected chi connectivity index (χ2v) is 2.13. The quantitative estimate of drug-likeness (QED) is 0.502. The van der Waals surface area contributed by atoms with E-state index in [1.807, 2.05) is 0 Å². The van der Waals surface area contributed by atoms with Crippen molar-refractivity contribution in [3.8, 4) is 0 Å². The van der Waals surface area contributed by atoms with Crippen molar-refractivity contribution in [1.29, 1.82) is 0 Å². The van der Waals surface area contributed by atoms with E-state index in [1.54, 1.807) is 0 Å². The van der Waals surface area contributed by atoms with Crippen LogP contribution in [0.5, 0.6) is 0 Å². The molecule has 0 aliphatic rings. The maximum Gasteiger partial charge on any atom is 0.306 e. The van der Waals surface area contributed by atoms with Crippen molar-refractivity contribution in [3.63, 3.8) is 0 Å². The first-order valence-corrected chi connectivity index (χ1v) is 2.54. The molecule has 1 heterocycles. The lowest BCUT2D eigenvalue weighted by molar-refractivity contribution is 1.35. The van der Waals surface area contributed by atoms with Crippen molar-refractivity contribution in [3.05, 3.63) is 15.9 Å². The number of nitrogens with two attached hydrogens (primary N) is 1. The van der Waals surface area contributed by atoms with Crippen LogP contribution in [0.25, 0.3) is 0 Å². The van der Waals surface area contributed by atoms with Crippen molar-refractivity contribution in [2.75, 3.05) is 5.73 Å². The summed E-state index contributed by atoms with van der Waals surface area (Å²) in [6.07, 6.45) is 1.48. The Morgan fingerprint density at radius 2 is 2.57 bits per heavy atom. The zero-order valence-electron chi connectivity index (χ0n) is 3.47. The topological polar surface area (TPSA) is 58.9 Å². The first-order chi connectivity index (χ1) is 3.29. The Balaban J connectivity index is 3.30. The summed E-state index contributed by atoms with van der Waals surface area (Å²) >= 11 is 1.01. The lowest BCUT2D eigenvalue weighted by atomic mass is 10.9. The number of nitrogens with one attached hydrogen (secondary N) is 1. The van der Waals surface area contributed by atoms with E-state index in [4.69, 9.17) is 5.73 Å². The molecule has 0 aliphatic carbocycles. The van der Waals surface area contributed by atoms with Gasteiger partial charge < -0.3 is 10.7 Å². The van der Waals surface area contributed by atoms with Gasteiger partial charge in [0, 0.05) is 6.20 Å². The van der Waals surface area contributed by atoms with Crippen LogP contribution >= 0.6 is 11.3 Å². The average molecular weight is 116 g/mol. The number of aromatic nitrogens is 1. The zero-order valence-corrected chi connectivity index (χ0v) is 4.29. The minimum absolute atomic E-state index is 0.0995. The normalized spacial score (nSPS) is 9.14. The molecule has 3 nitrogen and oxygen atoms in total. The standard InChI is InChI=1S/C3H4N2OS/c4-2-1-5-3(6)7-2/h1H,4H2,(H,5,6). The van der Waals surface area contributed by atoms with E-state index in [-0.39, 0.29) is 4.87 Å². The summed E-state index contributed by atoms with van der Waals surface area (Å²) in [7, 11) is 0. The molecule has 38 valence electrons. The Bertz CT molecular complexity index is 201. The van der Waals surface area contributed by atoms with Gasteiger partial charge in [0.2, 0.25) is 0 Å². The highest BCUT2D eigenvalue weighted by molar-refractivity contribution is 7.13. The number of rotatable bonds is 0. The molecule has 0 atom stereocenters. The van der Waals surface area contributed by atoms with Gasteiger partial charge in [-0.25, -0.2) is 0 Å². The van der Waals surface area contributed by atoms with Crippen molar-refractivity contribution >= 4 is 16.3 Å². The van der Waals surface area contributed by atoms with Crippen molar-refractivity contribution in [2.45, 2.75) is 0 Å². The van der Waals surface area contributed by atoms with Crippen LogP contribution < -0.4 is 10.6 Å². The maximum absolute atomic E-state index is 10.2. The van der Waals surface area contributed by atoms with Crippen LogP contribution in [-0.2, 0) is 0 Å². The number of thiazole rings is 1. The molecule has 3 N–H and O–H groups in total. The molecule has 1 aromatic rings. The molecule has 0 bridgehead atoms. The lowest BCUT2D eigenvalue weighted by Crippen LogP contribution is -1.88. The molecule has 7 heavy (non-hydrogen) atoms. The number of aromatic amines is 1. The van der Waals surface area contributed by atoms with Gasteiger partial charge in [-0.05, 0) is 0 Å². The van der Waals surface area contributed by atoms with Crippen LogP contribution in [0, 0.1) is 0 Å². The summed E-state index contributed by atoms with van der Waals surface area (Å²) in [5.41, 5.74) is 5.17. The van der Waals surface area contributed by atoms with Gasteiger partial charge in [0.05, 0.1) is 0 Å². The molecular formula is C3H4N2OS. The first kappa shape index (κ1) is 4.39. The Kier molecular flexibility index (Phi) is 0.867. The van der Waals surface area contributed by atoms with Crippen LogP contribution in [0.1, 0.15) is 0 Å². The molecule has 1 rings (SSSR count). The predicted molar refractivity (Wildman–Crippen MR) is 29.4 cm³/mol. The Morgan fingerprint density at radius 3 is 2.71 bits per heavy atom. The molecule has 0 saturated heterocycles. The van der Waals surface area contributed by atoms with Gasteiger partial charge in [-0.1, -0.05) is 11.3 Å². The minimum atomic E-state index is -0.0995. The van der Waals surface area contributed by atoms with Gasteiger partial charge in [-0.15, -0.1) is 0 Å². The van der Waals surface area contributed by atoms with Crippen LogP contribution in [0.15, 0.2) is 11.0 Å². The van der Waals surface area contributed by atoms with Gasteiger partial charge in [0.15, 0.2) is 0 Å². The zero-order chi connectivity index (χ0) is 5.28. The van der Waals surface area contributed by atoms with Crippen molar-refractivity contribution in [2.24, 2.45) is 0 Å². The summed E-state index contributed by atoms with van der Waals surface area (Å²) in [6.45, 7) is 0. The highest BCUT2D eigenvalue weighted by Gasteiger charge is 1.84. The molecule has 1 aromatic heterocycles. The smallest absolute Gasteiger partial charge is 0.306 e. The summed E-state index contributed by atoms with van der Waals surface area (Å²) in [4.78, 5) is 12.5. The Morgan fingerprint density at radius 1 is 1.86 bits per heavy atom. The first-order valence-electron chi connectivity index (χ1n) is 1.73. The van der Waals surface area contributed by atoms with Crippen molar-refractivity contribution < 1.29 is 0 Å². The molecule has 0 spiro atoms. The molecule has 0 aromatic carbocycles. The summed E-state index contributed by atoms with van der Waals surface area (Å²) in [5.74, 6) is 0. The van der Waals surface area contributed by atoms with Crippen LogP contribution in [-0.4, -0.2) is 4.98 Å². The summed E-state index contributed by atoms with van der Waals surface area (Å²) in [5, 5.41) is 0.532. The molecule has 4 heteroatoms. The molecular weight excluding hydrogens is 112 g/mol. The molecule has 0 saturated carbocycles. The largest absolute Gasteiger partial charge is 0.389 e. The average Bonchev–Trinajstić information content (AvgIpc) is 1.87. The monoisotopic (exact) mass is 116 g/mol. The summed E-state index contributed by atoms with van der Waals surface area (Å²) < 4.78 is 0. The SMILES string of the molecule is Nc1c[nH]c(=O)s1. The number of nitrogen functional groups attached to an aromatic ring is 1. The van der Waals surface area contributed by atoms with Gasteiger partial charge in [0.1, 0.15) is 5.00 Å². The highest BCUT2D eigenvalue weighted by atomic mass is 32.1. The highest BCUT2D eigenvalue weighted by Crippen LogP contribution is 1.98. The maximum atomic E-state index is 10.2. The Labute approximate surface area is 43.8 Å². The fourth-order valence-electron chi connectivity index (χ4n) is 0.296. The van der Waals surface area contributed by atoms with E-state index in [2.05, 4.69) is 4.98 Å². The molecule has 0 amide bonds. The van der Waals surface area contributed by atoms with Crippen LogP contribution in [0.4, 0.5) is 5.00 Å². The lowest BCUT2D eigenvalue weighted by Gasteiger charge is -1.66. The fraction of sp³-hybridized carbons (Fsp3) is 0. The van der Waals surface area contributed by atoms with E-state index in [1.165, 1.54) is 6.20 Å². The third-order valence-electron chi connectivity index (χ3n) is 0.543.